The van der Waals surface area contributed by atoms with E-state index in [0.717, 1.165) is 51.6 Å². The Morgan fingerprint density at radius 3 is 2.88 bits per heavy atom. The van der Waals surface area contributed by atoms with Crippen molar-refractivity contribution in [3.05, 3.63) is 34.9 Å². The molecule has 1 aromatic carbocycles. The zero-order valence-corrected chi connectivity index (χ0v) is 16.9. The van der Waals surface area contributed by atoms with Gasteiger partial charge in [0.05, 0.1) is 19.8 Å². The number of likely N-dealkylation sites (tertiary alicyclic amines) is 1. The second-order valence-corrected chi connectivity index (χ2v) is 7.08. The largest absolute Gasteiger partial charge is 0.382 e. The molecule has 1 fully saturated rings. The summed E-state index contributed by atoms with van der Waals surface area (Å²) in [5.41, 5.74) is 4.07. The highest BCUT2D eigenvalue weighted by Gasteiger charge is 2.24. The number of aliphatic imine (C=N–C) groups is 1. The van der Waals surface area contributed by atoms with E-state index in [1.54, 1.807) is 7.11 Å². The lowest BCUT2D eigenvalue weighted by Gasteiger charge is -2.21. The molecule has 2 rings (SSSR count). The second-order valence-electron chi connectivity index (χ2n) is 7.08. The summed E-state index contributed by atoms with van der Waals surface area (Å²) in [5.74, 6) is 1.62. The number of aryl methyl sites for hydroxylation is 2. The van der Waals surface area contributed by atoms with Crippen LogP contribution in [-0.4, -0.2) is 64.0 Å². The van der Waals surface area contributed by atoms with E-state index in [4.69, 9.17) is 14.5 Å². The predicted molar refractivity (Wildman–Crippen MR) is 108 cm³/mol. The molecule has 1 atom stereocenters. The van der Waals surface area contributed by atoms with Gasteiger partial charge < -0.3 is 19.7 Å². The molecule has 1 saturated heterocycles. The summed E-state index contributed by atoms with van der Waals surface area (Å²) in [6, 6.07) is 6.67. The summed E-state index contributed by atoms with van der Waals surface area (Å²) in [6.45, 7) is 12.4. The minimum absolute atomic E-state index is 0.579. The molecule has 0 bridgehead atoms. The van der Waals surface area contributed by atoms with Gasteiger partial charge in [-0.3, -0.25) is 4.99 Å². The Balaban J connectivity index is 1.84. The van der Waals surface area contributed by atoms with Crippen LogP contribution in [-0.2, 0) is 15.9 Å². The van der Waals surface area contributed by atoms with Crippen LogP contribution < -0.4 is 5.32 Å². The lowest BCUT2D eigenvalue weighted by molar-refractivity contribution is 0.0536. The van der Waals surface area contributed by atoms with Gasteiger partial charge in [-0.2, -0.15) is 0 Å². The number of ether oxygens (including phenoxy) is 2. The molecule has 0 aromatic heterocycles. The number of guanidine groups is 1. The molecular formula is C21H35N3O2. The predicted octanol–water partition coefficient (Wildman–Crippen LogP) is 2.80. The van der Waals surface area contributed by atoms with Crippen LogP contribution in [0, 0.1) is 19.8 Å². The molecule has 0 spiro atoms. The van der Waals surface area contributed by atoms with Crippen LogP contribution in [0.15, 0.2) is 23.2 Å². The Labute approximate surface area is 158 Å². The van der Waals surface area contributed by atoms with Gasteiger partial charge in [0.1, 0.15) is 0 Å². The fourth-order valence-corrected chi connectivity index (χ4v) is 3.39. The molecule has 1 heterocycles. The van der Waals surface area contributed by atoms with E-state index in [2.05, 4.69) is 49.2 Å². The number of nitrogens with one attached hydrogen (secondary N) is 1. The lowest BCUT2D eigenvalue weighted by Crippen LogP contribution is -2.40. The van der Waals surface area contributed by atoms with Gasteiger partial charge in [0, 0.05) is 39.2 Å². The Kier molecular flexibility index (Phi) is 8.92. The highest BCUT2D eigenvalue weighted by molar-refractivity contribution is 5.80. The highest BCUT2D eigenvalue weighted by atomic mass is 16.5. The minimum Gasteiger partial charge on any atom is -0.382 e. The van der Waals surface area contributed by atoms with Gasteiger partial charge in [-0.15, -0.1) is 0 Å². The zero-order valence-electron chi connectivity index (χ0n) is 16.9. The molecule has 0 saturated carbocycles. The van der Waals surface area contributed by atoms with Gasteiger partial charge >= 0.3 is 0 Å². The van der Waals surface area contributed by atoms with Crippen LogP contribution in [0.25, 0.3) is 0 Å². The number of hydrogen-bond donors (Lipinski definition) is 1. The third-order valence-electron chi connectivity index (χ3n) is 4.85. The van der Waals surface area contributed by atoms with Crippen LogP contribution >= 0.6 is 0 Å². The van der Waals surface area contributed by atoms with Crippen LogP contribution in [0.2, 0.25) is 0 Å². The number of hydrogen-bond acceptors (Lipinski definition) is 3. The third-order valence-corrected chi connectivity index (χ3v) is 4.85. The summed E-state index contributed by atoms with van der Waals surface area (Å²) >= 11 is 0. The molecular weight excluding hydrogens is 326 g/mol. The molecule has 1 aliphatic rings. The van der Waals surface area contributed by atoms with E-state index in [9.17, 15) is 0 Å². The Morgan fingerprint density at radius 1 is 1.31 bits per heavy atom. The topological polar surface area (TPSA) is 46.1 Å². The van der Waals surface area contributed by atoms with Crippen molar-refractivity contribution in [2.75, 3.05) is 53.1 Å². The number of nitrogens with zero attached hydrogens (tertiary/aromatic N) is 2. The van der Waals surface area contributed by atoms with E-state index >= 15 is 0 Å². The lowest BCUT2D eigenvalue weighted by atomic mass is 10.0. The fraction of sp³-hybridized carbons (Fsp3) is 0.667. The molecule has 1 aromatic rings. The maximum Gasteiger partial charge on any atom is 0.193 e. The number of benzene rings is 1. The van der Waals surface area contributed by atoms with Crippen LogP contribution in [0.5, 0.6) is 0 Å². The molecule has 1 unspecified atom stereocenters. The van der Waals surface area contributed by atoms with E-state index < -0.39 is 0 Å². The first kappa shape index (κ1) is 20.7. The van der Waals surface area contributed by atoms with Crippen molar-refractivity contribution in [1.82, 2.24) is 10.2 Å². The molecule has 0 aliphatic carbocycles. The monoisotopic (exact) mass is 361 g/mol. The van der Waals surface area contributed by atoms with Gasteiger partial charge in [-0.25, -0.2) is 0 Å². The van der Waals surface area contributed by atoms with E-state index in [1.807, 2.05) is 0 Å². The first-order valence-corrected chi connectivity index (χ1v) is 9.80. The standard InChI is InChI=1S/C21H35N3O2/c1-5-22-21(23-10-8-20-7-6-17(2)14-18(20)3)24-11-9-19(15-24)16-26-13-12-25-4/h6-7,14,19H,5,8-13,15-16H2,1-4H3,(H,22,23). The zero-order chi connectivity index (χ0) is 18.8. The first-order valence-electron chi connectivity index (χ1n) is 9.80. The van der Waals surface area contributed by atoms with Crippen LogP contribution in [0.4, 0.5) is 0 Å². The van der Waals surface area contributed by atoms with Crippen molar-refractivity contribution in [1.29, 1.82) is 0 Å². The summed E-state index contributed by atoms with van der Waals surface area (Å²) in [5, 5.41) is 3.45. The second kappa shape index (κ2) is 11.2. The molecule has 146 valence electrons. The van der Waals surface area contributed by atoms with Crippen LogP contribution in [0.1, 0.15) is 30.0 Å². The summed E-state index contributed by atoms with van der Waals surface area (Å²) in [6.07, 6.45) is 2.15. The molecule has 26 heavy (non-hydrogen) atoms. The van der Waals surface area contributed by atoms with Crippen molar-refractivity contribution in [2.24, 2.45) is 10.9 Å². The van der Waals surface area contributed by atoms with Gasteiger partial charge in [-0.05, 0) is 44.7 Å². The SMILES string of the molecule is CCNC(=NCCc1ccc(C)cc1C)N1CCC(COCCOC)C1. The minimum atomic E-state index is 0.579. The van der Waals surface area contributed by atoms with Gasteiger partial charge in [0.15, 0.2) is 5.96 Å². The number of methoxy groups -OCH3 is 1. The highest BCUT2D eigenvalue weighted by Crippen LogP contribution is 2.17. The average Bonchev–Trinajstić information content (AvgIpc) is 3.08. The first-order chi connectivity index (χ1) is 12.6. The van der Waals surface area contributed by atoms with Crippen molar-refractivity contribution in [3.8, 4) is 0 Å². The van der Waals surface area contributed by atoms with Crippen molar-refractivity contribution in [2.45, 2.75) is 33.6 Å². The molecule has 5 heteroatoms. The molecule has 1 aliphatic heterocycles. The molecule has 5 nitrogen and oxygen atoms in total. The maximum atomic E-state index is 5.70. The van der Waals surface area contributed by atoms with E-state index in [-0.39, 0.29) is 0 Å². The van der Waals surface area contributed by atoms with Gasteiger partial charge in [0.2, 0.25) is 0 Å². The third kappa shape index (κ3) is 6.61. The van der Waals surface area contributed by atoms with Crippen LogP contribution in [0.3, 0.4) is 0 Å². The Morgan fingerprint density at radius 2 is 2.15 bits per heavy atom. The van der Waals surface area contributed by atoms with Gasteiger partial charge in [0.25, 0.3) is 0 Å². The van der Waals surface area contributed by atoms with Crippen molar-refractivity contribution < 1.29 is 9.47 Å². The van der Waals surface area contributed by atoms with E-state index in [0.29, 0.717) is 19.1 Å². The molecule has 0 radical (unpaired) electrons. The Bertz CT molecular complexity index is 574. The normalized spacial score (nSPS) is 17.8. The Hall–Kier alpha value is -1.59. The number of rotatable bonds is 9. The summed E-state index contributed by atoms with van der Waals surface area (Å²) < 4.78 is 10.7. The fourth-order valence-electron chi connectivity index (χ4n) is 3.39. The quantitative estimate of drug-likeness (QED) is 0.417. The van der Waals surface area contributed by atoms with Gasteiger partial charge in [-0.1, -0.05) is 23.8 Å². The summed E-state index contributed by atoms with van der Waals surface area (Å²) in [4.78, 5) is 7.24. The smallest absolute Gasteiger partial charge is 0.193 e. The molecule has 0 amide bonds. The molecule has 1 N–H and O–H groups in total. The van der Waals surface area contributed by atoms with Crippen molar-refractivity contribution in [3.63, 3.8) is 0 Å². The van der Waals surface area contributed by atoms with Crippen molar-refractivity contribution >= 4 is 5.96 Å². The summed E-state index contributed by atoms with van der Waals surface area (Å²) in [7, 11) is 1.71. The average molecular weight is 362 g/mol. The maximum absolute atomic E-state index is 5.70. The van der Waals surface area contributed by atoms with E-state index in [1.165, 1.54) is 16.7 Å².